The Labute approximate surface area is 207 Å². The Bertz CT molecular complexity index is 1830. The molecule has 0 atom stereocenters. The van der Waals surface area contributed by atoms with Crippen LogP contribution in [0.2, 0.25) is 0 Å². The lowest BCUT2D eigenvalue weighted by Gasteiger charge is -2.16. The topological polar surface area (TPSA) is 72.7 Å². The third-order valence-electron chi connectivity index (χ3n) is 6.80. The number of hydrogen-bond donors (Lipinski definition) is 1. The van der Waals surface area contributed by atoms with Crippen molar-refractivity contribution in [3.8, 4) is 0 Å². The fraction of sp³-hybridized carbons (Fsp3) is 0.167. The number of carbonyl (C=O) groups is 1. The highest BCUT2D eigenvalue weighted by molar-refractivity contribution is 6.19. The van der Waals surface area contributed by atoms with Gasteiger partial charge in [0.05, 0.1) is 17.6 Å². The molecule has 0 fully saturated rings. The van der Waals surface area contributed by atoms with Crippen molar-refractivity contribution in [2.24, 2.45) is 0 Å². The number of rotatable bonds is 8. The number of aromatic nitrogens is 2. The maximum Gasteiger partial charge on any atom is 0.330 e. The summed E-state index contributed by atoms with van der Waals surface area (Å²) >= 11 is 0. The molecule has 6 rings (SSSR count). The van der Waals surface area contributed by atoms with Crippen LogP contribution in [0.1, 0.15) is 19.3 Å². The van der Waals surface area contributed by atoms with Crippen molar-refractivity contribution in [1.29, 1.82) is 0 Å². The first-order valence-corrected chi connectivity index (χ1v) is 12.2. The van der Waals surface area contributed by atoms with E-state index in [0.29, 0.717) is 17.6 Å². The molecule has 0 spiro atoms. The number of benzene rings is 4. The number of esters is 1. The van der Waals surface area contributed by atoms with Crippen LogP contribution in [0.5, 0.6) is 0 Å². The van der Waals surface area contributed by atoms with Crippen LogP contribution in [0.15, 0.2) is 84.2 Å². The van der Waals surface area contributed by atoms with Gasteiger partial charge in [0.25, 0.3) is 5.56 Å². The highest BCUT2D eigenvalue weighted by Gasteiger charge is 2.17. The van der Waals surface area contributed by atoms with E-state index in [4.69, 9.17) is 9.72 Å². The van der Waals surface area contributed by atoms with Crippen LogP contribution in [-0.2, 0) is 9.53 Å². The number of nitrogens with zero attached hydrogens (tertiary/aromatic N) is 2. The molecule has 6 nitrogen and oxygen atoms in total. The van der Waals surface area contributed by atoms with Crippen LogP contribution in [0.4, 0.5) is 5.69 Å². The number of fused-ring (bicyclic) bond motifs is 3. The van der Waals surface area contributed by atoms with Crippen LogP contribution in [-0.4, -0.2) is 28.5 Å². The quantitative estimate of drug-likeness (QED) is 0.0953. The zero-order chi connectivity index (χ0) is 24.6. The second-order valence-corrected chi connectivity index (χ2v) is 8.98. The fourth-order valence-corrected chi connectivity index (χ4v) is 5.15. The molecule has 6 heteroatoms. The number of anilines is 1. The number of nitrogens with one attached hydrogen (secondary N) is 1. The predicted molar refractivity (Wildman–Crippen MR) is 146 cm³/mol. The van der Waals surface area contributed by atoms with E-state index in [1.807, 2.05) is 36.4 Å². The minimum atomic E-state index is -0.382. The van der Waals surface area contributed by atoms with E-state index in [1.54, 1.807) is 4.40 Å². The molecular formula is C30H25N3O3. The van der Waals surface area contributed by atoms with Gasteiger partial charge in [-0.3, -0.25) is 9.20 Å². The Morgan fingerprint density at radius 1 is 0.917 bits per heavy atom. The summed E-state index contributed by atoms with van der Waals surface area (Å²) in [4.78, 5) is 29.9. The molecule has 0 unspecified atom stereocenters. The van der Waals surface area contributed by atoms with E-state index in [0.717, 1.165) is 69.5 Å². The molecule has 0 saturated carbocycles. The summed E-state index contributed by atoms with van der Waals surface area (Å²) in [6.45, 7) is 4.59. The summed E-state index contributed by atoms with van der Waals surface area (Å²) in [7, 11) is 0. The Hall–Kier alpha value is -4.45. The van der Waals surface area contributed by atoms with Crippen molar-refractivity contribution in [3.05, 3.63) is 89.7 Å². The maximum atomic E-state index is 13.8. The highest BCUT2D eigenvalue weighted by atomic mass is 16.5. The fourth-order valence-electron chi connectivity index (χ4n) is 5.15. The molecule has 0 saturated heterocycles. The van der Waals surface area contributed by atoms with Gasteiger partial charge in [0, 0.05) is 45.2 Å². The van der Waals surface area contributed by atoms with E-state index in [9.17, 15) is 9.59 Å². The first-order valence-electron chi connectivity index (χ1n) is 12.2. The summed E-state index contributed by atoms with van der Waals surface area (Å²) in [5.74, 6) is -0.382. The monoisotopic (exact) mass is 475 g/mol. The van der Waals surface area contributed by atoms with E-state index < -0.39 is 0 Å². The molecule has 4 aromatic carbocycles. The van der Waals surface area contributed by atoms with E-state index in [-0.39, 0.29) is 11.5 Å². The summed E-state index contributed by atoms with van der Waals surface area (Å²) in [5.41, 5.74) is 3.38. The lowest BCUT2D eigenvalue weighted by atomic mass is 10.00. The number of unbranched alkanes of at least 4 members (excludes halogenated alkanes) is 2. The average molecular weight is 476 g/mol. The van der Waals surface area contributed by atoms with Gasteiger partial charge in [0.2, 0.25) is 0 Å². The Morgan fingerprint density at radius 2 is 1.72 bits per heavy atom. The summed E-state index contributed by atoms with van der Waals surface area (Å²) < 4.78 is 6.79. The lowest BCUT2D eigenvalue weighted by Crippen LogP contribution is -2.16. The van der Waals surface area contributed by atoms with Gasteiger partial charge in [0.15, 0.2) is 0 Å². The van der Waals surface area contributed by atoms with Gasteiger partial charge in [-0.15, -0.1) is 0 Å². The first kappa shape index (κ1) is 22.0. The molecular weight excluding hydrogens is 450 g/mol. The largest absolute Gasteiger partial charge is 0.463 e. The molecule has 0 amide bonds. The molecule has 0 aliphatic carbocycles. The standard InChI is InChI=1S/C30H25N3O3/c1-2-26(34)36-18-5-3-4-17-31-23-16-15-21-28-20(23)11-8-12-22(28)30(35)33-25-14-7-10-19-9-6-13-24(27(19)25)32-29(21)33/h2,6-16,31H,1,3-5,17-18H2. The molecule has 36 heavy (non-hydrogen) atoms. The number of pyridine rings is 1. The molecule has 0 aliphatic rings. The highest BCUT2D eigenvalue weighted by Crippen LogP contribution is 2.34. The van der Waals surface area contributed by atoms with Crippen LogP contribution < -0.4 is 10.9 Å². The van der Waals surface area contributed by atoms with Gasteiger partial charge >= 0.3 is 5.97 Å². The normalized spacial score (nSPS) is 11.7. The zero-order valence-electron chi connectivity index (χ0n) is 19.8. The van der Waals surface area contributed by atoms with E-state index in [1.165, 1.54) is 6.08 Å². The summed E-state index contributed by atoms with van der Waals surface area (Å²) in [6, 6.07) is 22.1. The molecule has 6 aromatic rings. The molecule has 0 aliphatic heterocycles. The minimum Gasteiger partial charge on any atom is -0.463 e. The molecule has 1 N–H and O–H groups in total. The Morgan fingerprint density at radius 3 is 2.58 bits per heavy atom. The van der Waals surface area contributed by atoms with Gasteiger partial charge in [-0.1, -0.05) is 43.0 Å². The second-order valence-electron chi connectivity index (χ2n) is 8.98. The molecule has 178 valence electrons. The number of ether oxygens (including phenoxy) is 1. The molecule has 0 bridgehead atoms. The van der Waals surface area contributed by atoms with Crippen molar-refractivity contribution in [1.82, 2.24) is 9.38 Å². The van der Waals surface area contributed by atoms with Crippen LogP contribution >= 0.6 is 0 Å². The van der Waals surface area contributed by atoms with Gasteiger partial charge in [-0.05, 0) is 55.0 Å². The smallest absolute Gasteiger partial charge is 0.330 e. The Balaban J connectivity index is 1.39. The predicted octanol–water partition coefficient (Wildman–Crippen LogP) is 6.06. The minimum absolute atomic E-state index is 0.0555. The van der Waals surface area contributed by atoms with Crippen molar-refractivity contribution < 1.29 is 9.53 Å². The summed E-state index contributed by atoms with van der Waals surface area (Å²) in [5, 5.41) is 9.20. The van der Waals surface area contributed by atoms with Crippen LogP contribution in [0.3, 0.4) is 0 Å². The third-order valence-corrected chi connectivity index (χ3v) is 6.80. The van der Waals surface area contributed by atoms with Crippen molar-refractivity contribution in [2.75, 3.05) is 18.5 Å². The van der Waals surface area contributed by atoms with Gasteiger partial charge in [0.1, 0.15) is 5.65 Å². The lowest BCUT2D eigenvalue weighted by molar-refractivity contribution is -0.137. The van der Waals surface area contributed by atoms with Crippen LogP contribution in [0.25, 0.3) is 49.0 Å². The summed E-state index contributed by atoms with van der Waals surface area (Å²) in [6.07, 6.45) is 3.87. The van der Waals surface area contributed by atoms with Crippen LogP contribution in [0, 0.1) is 0 Å². The molecule has 0 radical (unpaired) electrons. The molecule has 2 aromatic heterocycles. The van der Waals surface area contributed by atoms with Gasteiger partial charge < -0.3 is 10.1 Å². The number of hydrogen-bond acceptors (Lipinski definition) is 5. The zero-order valence-corrected chi connectivity index (χ0v) is 19.8. The first-order chi connectivity index (χ1) is 17.7. The van der Waals surface area contributed by atoms with Crippen molar-refractivity contribution in [2.45, 2.75) is 19.3 Å². The maximum absolute atomic E-state index is 13.8. The SMILES string of the molecule is C=CC(=O)OCCCCCNc1ccc2c3c1cccc3c(=O)n1c3cccc4cccc(nc21)c43. The average Bonchev–Trinajstić information content (AvgIpc) is 2.91. The molecule has 2 heterocycles. The van der Waals surface area contributed by atoms with E-state index in [2.05, 4.69) is 42.2 Å². The van der Waals surface area contributed by atoms with E-state index >= 15 is 0 Å². The number of carbonyl (C=O) groups excluding carboxylic acids is 1. The Kier molecular flexibility index (Phi) is 5.49. The second kappa shape index (κ2) is 8.96. The van der Waals surface area contributed by atoms with Crippen molar-refractivity contribution >= 4 is 60.7 Å². The third kappa shape index (κ3) is 3.53. The van der Waals surface area contributed by atoms with Crippen molar-refractivity contribution in [3.63, 3.8) is 0 Å². The van der Waals surface area contributed by atoms with Gasteiger partial charge in [-0.25, -0.2) is 9.78 Å². The van der Waals surface area contributed by atoms with Gasteiger partial charge in [-0.2, -0.15) is 0 Å².